The fraction of sp³-hybridized carbons (Fsp3) is 0.650. The van der Waals surface area contributed by atoms with E-state index in [4.69, 9.17) is 5.73 Å². The Bertz CT molecular complexity index is 494. The summed E-state index contributed by atoms with van der Waals surface area (Å²) in [6, 6.07) is 8.27. The summed E-state index contributed by atoms with van der Waals surface area (Å²) in [5, 5.41) is 3.04. The van der Waals surface area contributed by atoms with Gasteiger partial charge in [-0.2, -0.15) is 0 Å². The van der Waals surface area contributed by atoms with Crippen molar-refractivity contribution < 1.29 is 4.79 Å². The molecule has 1 aliphatic heterocycles. The number of nitrogens with zero attached hydrogens (tertiary/aromatic N) is 1. The molecule has 0 aliphatic carbocycles. The molecule has 0 radical (unpaired) electrons. The molecule has 0 saturated carbocycles. The van der Waals surface area contributed by atoms with Crippen LogP contribution in [0.3, 0.4) is 0 Å². The zero-order valence-electron chi connectivity index (χ0n) is 15.3. The van der Waals surface area contributed by atoms with Gasteiger partial charge in [-0.3, -0.25) is 4.79 Å². The molecule has 0 atom stereocenters. The summed E-state index contributed by atoms with van der Waals surface area (Å²) in [5.41, 5.74) is 7.59. The van der Waals surface area contributed by atoms with E-state index in [0.717, 1.165) is 31.5 Å². The van der Waals surface area contributed by atoms with E-state index in [0.29, 0.717) is 6.54 Å². The Labute approximate surface area is 146 Å². The number of hydrogen-bond acceptors (Lipinski definition) is 3. The predicted octanol–water partition coefficient (Wildman–Crippen LogP) is 3.42. The van der Waals surface area contributed by atoms with Crippen LogP contribution in [-0.2, 0) is 11.2 Å². The lowest BCUT2D eigenvalue weighted by Gasteiger charge is -2.28. The average Bonchev–Trinajstić information content (AvgIpc) is 2.64. The van der Waals surface area contributed by atoms with Gasteiger partial charge in [-0.25, -0.2) is 0 Å². The number of anilines is 1. The van der Waals surface area contributed by atoms with Gasteiger partial charge >= 0.3 is 0 Å². The highest BCUT2D eigenvalue weighted by molar-refractivity contribution is 5.95. The quantitative estimate of drug-likeness (QED) is 0.767. The Morgan fingerprint density at radius 1 is 1.12 bits per heavy atom. The molecule has 1 heterocycles. The van der Waals surface area contributed by atoms with Crippen molar-refractivity contribution in [1.29, 1.82) is 0 Å². The van der Waals surface area contributed by atoms with E-state index in [9.17, 15) is 4.79 Å². The molecule has 0 aromatic heterocycles. The van der Waals surface area contributed by atoms with Gasteiger partial charge in [-0.15, -0.1) is 0 Å². The Kier molecular flexibility index (Phi) is 7.25. The molecule has 2 rings (SSSR count). The molecule has 1 aliphatic rings. The fourth-order valence-corrected chi connectivity index (χ4v) is 3.44. The van der Waals surface area contributed by atoms with Crippen molar-refractivity contribution in [1.82, 2.24) is 4.90 Å². The summed E-state index contributed by atoms with van der Waals surface area (Å²) in [7, 11) is 0. The average molecular weight is 332 g/mol. The van der Waals surface area contributed by atoms with E-state index in [1.54, 1.807) is 0 Å². The second-order valence-electron chi connectivity index (χ2n) is 6.99. The molecule has 3 N–H and O–H groups in total. The monoisotopic (exact) mass is 331 g/mol. The van der Waals surface area contributed by atoms with Crippen LogP contribution in [0, 0.1) is 5.41 Å². The molecule has 1 fully saturated rings. The molecule has 1 amide bonds. The van der Waals surface area contributed by atoms with E-state index in [1.165, 1.54) is 37.9 Å². The van der Waals surface area contributed by atoms with E-state index in [2.05, 4.69) is 22.3 Å². The van der Waals surface area contributed by atoms with Crippen molar-refractivity contribution in [3.63, 3.8) is 0 Å². The third-order valence-electron chi connectivity index (χ3n) is 5.60. The summed E-state index contributed by atoms with van der Waals surface area (Å²) in [6.07, 6.45) is 6.65. The van der Waals surface area contributed by atoms with Crippen LogP contribution in [0.1, 0.15) is 51.5 Å². The van der Waals surface area contributed by atoms with Crippen LogP contribution < -0.4 is 11.1 Å². The lowest BCUT2D eigenvalue weighted by molar-refractivity contribution is -0.125. The summed E-state index contributed by atoms with van der Waals surface area (Å²) < 4.78 is 0. The van der Waals surface area contributed by atoms with E-state index in [-0.39, 0.29) is 5.91 Å². The number of carbonyl (C=O) groups is 1. The molecule has 24 heavy (non-hydrogen) atoms. The van der Waals surface area contributed by atoms with Crippen molar-refractivity contribution in [2.24, 2.45) is 11.1 Å². The lowest BCUT2D eigenvalue weighted by atomic mass is 9.81. The van der Waals surface area contributed by atoms with E-state index < -0.39 is 5.41 Å². The van der Waals surface area contributed by atoms with Gasteiger partial charge in [0.1, 0.15) is 0 Å². The minimum absolute atomic E-state index is 0.0380. The number of nitrogens with two attached hydrogens (primary N) is 1. The molecular formula is C20H33N3O. The second-order valence-corrected chi connectivity index (χ2v) is 6.99. The third kappa shape index (κ3) is 4.81. The van der Waals surface area contributed by atoms with Crippen molar-refractivity contribution >= 4 is 11.6 Å². The highest BCUT2D eigenvalue weighted by Gasteiger charge is 2.33. The normalized spacial score (nSPS) is 16.1. The molecular weight excluding hydrogens is 298 g/mol. The second kappa shape index (κ2) is 9.19. The number of hydrogen-bond donors (Lipinski definition) is 2. The molecule has 0 spiro atoms. The van der Waals surface area contributed by atoms with Crippen molar-refractivity contribution in [2.75, 3.05) is 31.5 Å². The largest absolute Gasteiger partial charge is 0.329 e. The Balaban J connectivity index is 1.88. The van der Waals surface area contributed by atoms with Crippen LogP contribution in [0.5, 0.6) is 0 Å². The first-order valence-electron chi connectivity index (χ1n) is 9.46. The van der Waals surface area contributed by atoms with E-state index in [1.807, 2.05) is 26.0 Å². The van der Waals surface area contributed by atoms with Crippen molar-refractivity contribution in [2.45, 2.75) is 52.4 Å². The van der Waals surface area contributed by atoms with Gasteiger partial charge in [0.05, 0.1) is 5.41 Å². The SMILES string of the molecule is CCC(CC)(CN)C(=O)Nc1ccc(CCN2CCCCC2)cc1. The Morgan fingerprint density at radius 2 is 1.75 bits per heavy atom. The van der Waals surface area contributed by atoms with Crippen LogP contribution in [0.4, 0.5) is 5.69 Å². The van der Waals surface area contributed by atoms with Gasteiger partial charge in [0, 0.05) is 18.8 Å². The number of piperidine rings is 1. The van der Waals surface area contributed by atoms with Gasteiger partial charge in [-0.05, 0) is 62.9 Å². The smallest absolute Gasteiger partial charge is 0.231 e. The molecule has 0 unspecified atom stereocenters. The summed E-state index contributed by atoms with van der Waals surface area (Å²) in [5.74, 6) is 0.0380. The van der Waals surface area contributed by atoms with Crippen LogP contribution >= 0.6 is 0 Å². The molecule has 4 heteroatoms. The van der Waals surface area contributed by atoms with Gasteiger partial charge in [0.25, 0.3) is 0 Å². The van der Waals surface area contributed by atoms with Gasteiger partial charge in [0.15, 0.2) is 0 Å². The third-order valence-corrected chi connectivity index (χ3v) is 5.60. The number of amides is 1. The summed E-state index contributed by atoms with van der Waals surface area (Å²) in [4.78, 5) is 15.1. The van der Waals surface area contributed by atoms with E-state index >= 15 is 0 Å². The summed E-state index contributed by atoms with van der Waals surface area (Å²) in [6.45, 7) is 8.05. The number of rotatable bonds is 8. The maximum atomic E-state index is 12.5. The number of likely N-dealkylation sites (tertiary alicyclic amines) is 1. The van der Waals surface area contributed by atoms with Crippen molar-refractivity contribution in [3.8, 4) is 0 Å². The maximum Gasteiger partial charge on any atom is 0.231 e. The molecule has 1 saturated heterocycles. The molecule has 1 aromatic rings. The van der Waals surface area contributed by atoms with Crippen LogP contribution in [0.15, 0.2) is 24.3 Å². The Hall–Kier alpha value is -1.39. The minimum Gasteiger partial charge on any atom is -0.329 e. The zero-order valence-corrected chi connectivity index (χ0v) is 15.3. The van der Waals surface area contributed by atoms with Gasteiger partial charge in [-0.1, -0.05) is 32.4 Å². The zero-order chi connectivity index (χ0) is 17.4. The highest BCUT2D eigenvalue weighted by Crippen LogP contribution is 2.27. The number of nitrogens with one attached hydrogen (secondary N) is 1. The molecule has 1 aromatic carbocycles. The molecule has 4 nitrogen and oxygen atoms in total. The fourth-order valence-electron chi connectivity index (χ4n) is 3.44. The minimum atomic E-state index is -0.451. The van der Waals surface area contributed by atoms with Crippen LogP contribution in [0.2, 0.25) is 0 Å². The molecule has 0 bridgehead atoms. The lowest BCUT2D eigenvalue weighted by Crippen LogP contribution is -2.41. The standard InChI is InChI=1S/C20H33N3O/c1-3-20(4-2,16-21)19(24)22-18-10-8-17(9-11-18)12-15-23-13-6-5-7-14-23/h8-11H,3-7,12-16,21H2,1-2H3,(H,22,24). The van der Waals surface area contributed by atoms with Crippen LogP contribution in [-0.4, -0.2) is 37.0 Å². The molecule has 134 valence electrons. The number of benzene rings is 1. The maximum absolute atomic E-state index is 12.5. The predicted molar refractivity (Wildman–Crippen MR) is 101 cm³/mol. The highest BCUT2D eigenvalue weighted by atomic mass is 16.2. The van der Waals surface area contributed by atoms with Crippen molar-refractivity contribution in [3.05, 3.63) is 29.8 Å². The number of carbonyl (C=O) groups excluding carboxylic acids is 1. The van der Waals surface area contributed by atoms with Crippen LogP contribution in [0.25, 0.3) is 0 Å². The topological polar surface area (TPSA) is 58.4 Å². The van der Waals surface area contributed by atoms with Gasteiger partial charge < -0.3 is 16.0 Å². The Morgan fingerprint density at radius 3 is 2.29 bits per heavy atom. The first kappa shape index (κ1) is 18.9. The van der Waals surface area contributed by atoms with Gasteiger partial charge in [0.2, 0.25) is 5.91 Å². The first-order valence-corrected chi connectivity index (χ1v) is 9.46. The first-order chi connectivity index (χ1) is 11.6. The summed E-state index contributed by atoms with van der Waals surface area (Å²) >= 11 is 0.